The fourth-order valence-corrected chi connectivity index (χ4v) is 5.14. The minimum Gasteiger partial charge on any atom is -0.493 e. The van der Waals surface area contributed by atoms with Gasteiger partial charge in [-0.1, -0.05) is 12.1 Å². The van der Waals surface area contributed by atoms with Gasteiger partial charge in [-0.15, -0.1) is 0 Å². The van der Waals surface area contributed by atoms with E-state index in [2.05, 4.69) is 29.6 Å². The Kier molecular flexibility index (Phi) is 2.01. The molecule has 1 spiro atoms. The summed E-state index contributed by atoms with van der Waals surface area (Å²) >= 11 is 0. The second-order valence-electron chi connectivity index (χ2n) is 6.49. The Labute approximate surface area is 119 Å². The molecule has 4 aliphatic rings. The molecule has 2 aliphatic carbocycles. The molecule has 1 N–H and O–H groups in total. The highest BCUT2D eigenvalue weighted by molar-refractivity contribution is 5.61. The maximum absolute atomic E-state index is 6.36. The van der Waals surface area contributed by atoms with E-state index in [1.54, 1.807) is 7.11 Å². The summed E-state index contributed by atoms with van der Waals surface area (Å²) in [6.45, 7) is 1.10. The quantitative estimate of drug-likeness (QED) is 0.793. The standard InChI is InChI=1S/C17H19NO2/c1-19-13-6-5-10-9-12-11-3-2-4-14-17(11,7-8-18-12)15(10)16(13)20-14/h2,4-6,11-12,14,18H,3,7-9H2,1H3. The first-order valence-electron chi connectivity index (χ1n) is 7.61. The van der Waals surface area contributed by atoms with Crippen molar-refractivity contribution in [3.8, 4) is 11.5 Å². The van der Waals surface area contributed by atoms with Gasteiger partial charge in [0.05, 0.1) is 7.11 Å². The number of benzene rings is 1. The number of piperidine rings is 1. The third-order valence-corrected chi connectivity index (χ3v) is 5.88. The van der Waals surface area contributed by atoms with Gasteiger partial charge in [0, 0.05) is 17.0 Å². The molecule has 4 unspecified atom stereocenters. The molecule has 0 saturated carbocycles. The summed E-state index contributed by atoms with van der Waals surface area (Å²) in [7, 11) is 1.74. The Balaban J connectivity index is 1.84. The predicted molar refractivity (Wildman–Crippen MR) is 76.4 cm³/mol. The van der Waals surface area contributed by atoms with E-state index in [4.69, 9.17) is 9.47 Å². The van der Waals surface area contributed by atoms with Crippen molar-refractivity contribution in [2.45, 2.75) is 36.8 Å². The molecule has 2 bridgehead atoms. The van der Waals surface area contributed by atoms with Gasteiger partial charge in [0.2, 0.25) is 0 Å². The van der Waals surface area contributed by atoms with E-state index >= 15 is 0 Å². The maximum atomic E-state index is 6.36. The van der Waals surface area contributed by atoms with E-state index in [9.17, 15) is 0 Å². The van der Waals surface area contributed by atoms with Gasteiger partial charge in [-0.2, -0.15) is 0 Å². The van der Waals surface area contributed by atoms with Crippen molar-refractivity contribution in [3.63, 3.8) is 0 Å². The normalized spacial score (nSPS) is 39.1. The van der Waals surface area contributed by atoms with Crippen molar-refractivity contribution in [1.82, 2.24) is 5.32 Å². The highest BCUT2D eigenvalue weighted by Gasteiger charge is 2.61. The Morgan fingerprint density at radius 1 is 1.40 bits per heavy atom. The summed E-state index contributed by atoms with van der Waals surface area (Å²) in [5.41, 5.74) is 3.13. The maximum Gasteiger partial charge on any atom is 0.166 e. The van der Waals surface area contributed by atoms with Crippen molar-refractivity contribution in [2.24, 2.45) is 5.92 Å². The van der Waals surface area contributed by atoms with Crippen LogP contribution < -0.4 is 14.8 Å². The molecule has 4 atom stereocenters. The van der Waals surface area contributed by atoms with E-state index < -0.39 is 0 Å². The monoisotopic (exact) mass is 269 g/mol. The van der Waals surface area contributed by atoms with Gasteiger partial charge in [0.1, 0.15) is 6.10 Å². The van der Waals surface area contributed by atoms with Gasteiger partial charge < -0.3 is 14.8 Å². The van der Waals surface area contributed by atoms with E-state index in [-0.39, 0.29) is 11.5 Å². The number of rotatable bonds is 1. The lowest BCUT2D eigenvalue weighted by atomic mass is 9.54. The molecule has 1 fully saturated rings. The molecule has 5 rings (SSSR count). The zero-order valence-corrected chi connectivity index (χ0v) is 11.7. The second-order valence-corrected chi connectivity index (χ2v) is 6.49. The Morgan fingerprint density at radius 2 is 2.35 bits per heavy atom. The van der Waals surface area contributed by atoms with Crippen LogP contribution in [0, 0.1) is 5.92 Å². The molecule has 1 aromatic carbocycles. The van der Waals surface area contributed by atoms with Gasteiger partial charge in [-0.25, -0.2) is 0 Å². The summed E-state index contributed by atoms with van der Waals surface area (Å²) in [4.78, 5) is 0. The van der Waals surface area contributed by atoms with Crippen LogP contribution in [-0.2, 0) is 11.8 Å². The van der Waals surface area contributed by atoms with Crippen LogP contribution in [0.3, 0.4) is 0 Å². The van der Waals surface area contributed by atoms with Crippen LogP contribution in [0.1, 0.15) is 24.0 Å². The summed E-state index contributed by atoms with van der Waals surface area (Å²) in [6.07, 6.45) is 8.29. The average molecular weight is 269 g/mol. The predicted octanol–water partition coefficient (Wildman–Crippen LogP) is 2.19. The van der Waals surface area contributed by atoms with E-state index in [0.29, 0.717) is 12.0 Å². The van der Waals surface area contributed by atoms with Gasteiger partial charge in [-0.05, 0) is 49.4 Å². The van der Waals surface area contributed by atoms with E-state index in [1.165, 1.54) is 24.0 Å². The number of methoxy groups -OCH3 is 1. The molecular formula is C17H19NO2. The van der Waals surface area contributed by atoms with Crippen LogP contribution in [-0.4, -0.2) is 25.8 Å². The minimum atomic E-state index is 0.197. The first kappa shape index (κ1) is 11.2. The van der Waals surface area contributed by atoms with Crippen molar-refractivity contribution in [1.29, 1.82) is 0 Å². The zero-order valence-electron chi connectivity index (χ0n) is 11.7. The van der Waals surface area contributed by atoms with Crippen LogP contribution >= 0.6 is 0 Å². The van der Waals surface area contributed by atoms with Gasteiger partial charge >= 0.3 is 0 Å². The van der Waals surface area contributed by atoms with Crippen LogP contribution in [0.5, 0.6) is 11.5 Å². The van der Waals surface area contributed by atoms with Crippen molar-refractivity contribution < 1.29 is 9.47 Å². The van der Waals surface area contributed by atoms with Gasteiger partial charge in [0.15, 0.2) is 11.5 Å². The van der Waals surface area contributed by atoms with Crippen molar-refractivity contribution in [3.05, 3.63) is 35.4 Å². The lowest BCUT2D eigenvalue weighted by Crippen LogP contribution is -2.62. The highest BCUT2D eigenvalue weighted by Crippen LogP contribution is 2.61. The van der Waals surface area contributed by atoms with Crippen LogP contribution in [0.4, 0.5) is 0 Å². The number of ether oxygens (including phenoxy) is 2. The molecule has 0 radical (unpaired) electrons. The number of allylic oxidation sites excluding steroid dienone is 1. The highest BCUT2D eigenvalue weighted by atomic mass is 16.5. The Morgan fingerprint density at radius 3 is 3.25 bits per heavy atom. The van der Waals surface area contributed by atoms with Crippen LogP contribution in [0.2, 0.25) is 0 Å². The van der Waals surface area contributed by atoms with Crippen molar-refractivity contribution >= 4 is 0 Å². The fourth-order valence-electron chi connectivity index (χ4n) is 5.14. The van der Waals surface area contributed by atoms with Gasteiger partial charge in [-0.3, -0.25) is 0 Å². The first-order valence-corrected chi connectivity index (χ1v) is 7.61. The molecule has 2 aliphatic heterocycles. The molecule has 0 amide bonds. The summed E-state index contributed by atoms with van der Waals surface area (Å²) in [6, 6.07) is 4.92. The molecular weight excluding hydrogens is 250 g/mol. The smallest absolute Gasteiger partial charge is 0.166 e. The number of hydrogen-bond acceptors (Lipinski definition) is 3. The molecule has 0 aromatic heterocycles. The first-order chi connectivity index (χ1) is 9.84. The molecule has 20 heavy (non-hydrogen) atoms. The molecule has 1 saturated heterocycles. The lowest BCUT2D eigenvalue weighted by molar-refractivity contribution is 0.0585. The molecule has 104 valence electrons. The largest absolute Gasteiger partial charge is 0.493 e. The molecule has 3 heteroatoms. The Bertz CT molecular complexity index is 624. The fraction of sp³-hybridized carbons (Fsp3) is 0.529. The van der Waals surface area contributed by atoms with E-state index in [0.717, 1.165) is 24.5 Å². The van der Waals surface area contributed by atoms with E-state index in [1.807, 2.05) is 0 Å². The summed E-state index contributed by atoms with van der Waals surface area (Å²) < 4.78 is 11.9. The number of nitrogens with one attached hydrogen (secondary N) is 1. The third-order valence-electron chi connectivity index (χ3n) is 5.88. The van der Waals surface area contributed by atoms with Crippen LogP contribution in [0.15, 0.2) is 24.3 Å². The Hall–Kier alpha value is -1.48. The second kappa shape index (κ2) is 3.59. The molecule has 2 heterocycles. The molecule has 3 nitrogen and oxygen atoms in total. The third kappa shape index (κ3) is 1.09. The topological polar surface area (TPSA) is 30.5 Å². The van der Waals surface area contributed by atoms with Crippen LogP contribution in [0.25, 0.3) is 0 Å². The average Bonchev–Trinajstić information content (AvgIpc) is 2.80. The number of hydrogen-bond donors (Lipinski definition) is 1. The zero-order chi connectivity index (χ0) is 13.3. The summed E-state index contributed by atoms with van der Waals surface area (Å²) in [5, 5.41) is 3.74. The summed E-state index contributed by atoms with van der Waals surface area (Å²) in [5.74, 6) is 2.59. The SMILES string of the molecule is COc1ccc2c3c1OC1C=CCC4C(C2)NCCC314. The lowest BCUT2D eigenvalue weighted by Gasteiger charge is -2.53. The van der Waals surface area contributed by atoms with Gasteiger partial charge in [0.25, 0.3) is 0 Å². The minimum absolute atomic E-state index is 0.197. The van der Waals surface area contributed by atoms with Crippen molar-refractivity contribution in [2.75, 3.05) is 13.7 Å². The molecule has 1 aromatic rings.